The summed E-state index contributed by atoms with van der Waals surface area (Å²) >= 11 is 3.66. The van der Waals surface area contributed by atoms with Crippen molar-refractivity contribution in [3.63, 3.8) is 0 Å². The second kappa shape index (κ2) is 7.81. The van der Waals surface area contributed by atoms with E-state index in [-0.39, 0.29) is 0 Å². The first kappa shape index (κ1) is 15.5. The van der Waals surface area contributed by atoms with E-state index in [9.17, 15) is 0 Å². The van der Waals surface area contributed by atoms with Crippen LogP contribution in [0.2, 0.25) is 0 Å². The average Bonchev–Trinajstić information content (AvgIpc) is 2.68. The van der Waals surface area contributed by atoms with Crippen molar-refractivity contribution in [1.29, 1.82) is 0 Å². The number of rotatable bonds is 5. The number of nitrogens with one attached hydrogen (secondary N) is 1. The number of halogens is 1. The van der Waals surface area contributed by atoms with E-state index in [4.69, 9.17) is 0 Å². The Kier molecular flexibility index (Phi) is 6.07. The van der Waals surface area contributed by atoms with E-state index in [0.29, 0.717) is 0 Å². The van der Waals surface area contributed by atoms with Gasteiger partial charge in [-0.15, -0.1) is 0 Å². The lowest BCUT2D eigenvalue weighted by molar-refractivity contribution is 0.435. The van der Waals surface area contributed by atoms with Crippen LogP contribution in [-0.4, -0.2) is 29.6 Å². The van der Waals surface area contributed by atoms with E-state index in [1.54, 1.807) is 6.33 Å². The van der Waals surface area contributed by atoms with Crippen LogP contribution in [0, 0.1) is 5.92 Å². The molecule has 1 saturated heterocycles. The summed E-state index contributed by atoms with van der Waals surface area (Å²) in [5, 5.41) is 3.28. The summed E-state index contributed by atoms with van der Waals surface area (Å²) in [7, 11) is 0. The van der Waals surface area contributed by atoms with Gasteiger partial charge in [-0.05, 0) is 48.0 Å². The lowest BCUT2D eigenvalue weighted by Crippen LogP contribution is -2.26. The van der Waals surface area contributed by atoms with Gasteiger partial charge in [0.25, 0.3) is 0 Å². The molecule has 0 aromatic carbocycles. The van der Waals surface area contributed by atoms with Gasteiger partial charge in [0.05, 0.1) is 0 Å². The van der Waals surface area contributed by atoms with Crippen LogP contribution in [0.4, 0.5) is 11.6 Å². The first-order chi connectivity index (χ1) is 9.76. The Morgan fingerprint density at radius 1 is 1.30 bits per heavy atom. The molecular formula is C15H25BrN4. The highest BCUT2D eigenvalue weighted by atomic mass is 79.9. The van der Waals surface area contributed by atoms with Crippen molar-refractivity contribution in [2.24, 2.45) is 5.92 Å². The van der Waals surface area contributed by atoms with Gasteiger partial charge in [-0.3, -0.25) is 0 Å². The monoisotopic (exact) mass is 340 g/mol. The lowest BCUT2D eigenvalue weighted by atomic mass is 9.96. The molecule has 0 bridgehead atoms. The van der Waals surface area contributed by atoms with Gasteiger partial charge in [-0.1, -0.05) is 19.8 Å². The third kappa shape index (κ3) is 3.84. The van der Waals surface area contributed by atoms with Gasteiger partial charge in [-0.2, -0.15) is 0 Å². The number of aromatic nitrogens is 2. The third-order valence-corrected chi connectivity index (χ3v) is 4.69. The van der Waals surface area contributed by atoms with Crippen LogP contribution >= 0.6 is 15.9 Å². The van der Waals surface area contributed by atoms with Crippen molar-refractivity contribution in [2.45, 2.75) is 46.0 Å². The third-order valence-electron chi connectivity index (χ3n) is 3.96. The van der Waals surface area contributed by atoms with Crippen LogP contribution < -0.4 is 10.2 Å². The minimum atomic E-state index is 0.869. The highest BCUT2D eigenvalue weighted by Gasteiger charge is 2.20. The Bertz CT molecular complexity index is 424. The van der Waals surface area contributed by atoms with Gasteiger partial charge in [0, 0.05) is 19.6 Å². The van der Waals surface area contributed by atoms with Crippen molar-refractivity contribution < 1.29 is 0 Å². The number of hydrogen-bond donors (Lipinski definition) is 1. The van der Waals surface area contributed by atoms with Crippen LogP contribution in [-0.2, 0) is 0 Å². The van der Waals surface area contributed by atoms with E-state index in [1.807, 2.05) is 0 Å². The Labute approximate surface area is 130 Å². The maximum Gasteiger partial charge on any atom is 0.148 e. The lowest BCUT2D eigenvalue weighted by Gasteiger charge is -2.23. The predicted octanol–water partition coefficient (Wildman–Crippen LogP) is 4.08. The molecule has 0 saturated carbocycles. The summed E-state index contributed by atoms with van der Waals surface area (Å²) in [5.41, 5.74) is 0. The molecule has 0 spiro atoms. The zero-order valence-corrected chi connectivity index (χ0v) is 14.1. The summed E-state index contributed by atoms with van der Waals surface area (Å²) in [6, 6.07) is 0. The SMILES string of the molecule is CCCC1CCCN(c2ncnc(NCC)c2Br)CC1. The molecule has 2 heterocycles. The van der Waals surface area contributed by atoms with E-state index in [0.717, 1.165) is 41.7 Å². The molecule has 1 aromatic heterocycles. The maximum atomic E-state index is 4.49. The van der Waals surface area contributed by atoms with E-state index >= 15 is 0 Å². The van der Waals surface area contributed by atoms with Crippen molar-refractivity contribution in [1.82, 2.24) is 9.97 Å². The van der Waals surface area contributed by atoms with Gasteiger partial charge < -0.3 is 10.2 Å². The zero-order chi connectivity index (χ0) is 14.4. The van der Waals surface area contributed by atoms with Crippen molar-refractivity contribution in [3.8, 4) is 0 Å². The second-order valence-corrected chi connectivity index (χ2v) is 6.26. The Hall–Kier alpha value is -0.840. The molecule has 1 aliphatic rings. The first-order valence-corrected chi connectivity index (χ1v) is 8.54. The molecular weight excluding hydrogens is 316 g/mol. The minimum absolute atomic E-state index is 0.869. The fourth-order valence-corrected chi connectivity index (χ4v) is 3.54. The van der Waals surface area contributed by atoms with Gasteiger partial charge in [0.15, 0.2) is 0 Å². The molecule has 1 unspecified atom stereocenters. The normalized spacial score (nSPS) is 19.8. The maximum absolute atomic E-state index is 4.49. The average molecular weight is 341 g/mol. The molecule has 20 heavy (non-hydrogen) atoms. The summed E-state index contributed by atoms with van der Waals surface area (Å²) in [6.45, 7) is 7.43. The number of hydrogen-bond acceptors (Lipinski definition) is 4. The minimum Gasteiger partial charge on any atom is -0.369 e. The van der Waals surface area contributed by atoms with Crippen molar-refractivity contribution in [3.05, 3.63) is 10.8 Å². The van der Waals surface area contributed by atoms with Crippen LogP contribution in [0.25, 0.3) is 0 Å². The van der Waals surface area contributed by atoms with Crippen LogP contribution in [0.1, 0.15) is 46.0 Å². The summed E-state index contributed by atoms with van der Waals surface area (Å²) < 4.78 is 0.996. The highest BCUT2D eigenvalue weighted by molar-refractivity contribution is 9.10. The Morgan fingerprint density at radius 3 is 2.90 bits per heavy atom. The highest BCUT2D eigenvalue weighted by Crippen LogP contribution is 2.32. The van der Waals surface area contributed by atoms with Crippen molar-refractivity contribution in [2.75, 3.05) is 29.9 Å². The van der Waals surface area contributed by atoms with E-state index < -0.39 is 0 Å². The smallest absolute Gasteiger partial charge is 0.148 e. The fraction of sp³-hybridized carbons (Fsp3) is 0.733. The van der Waals surface area contributed by atoms with E-state index in [1.165, 1.54) is 32.1 Å². The van der Waals surface area contributed by atoms with Gasteiger partial charge >= 0.3 is 0 Å². The molecule has 112 valence electrons. The topological polar surface area (TPSA) is 41.1 Å². The largest absolute Gasteiger partial charge is 0.369 e. The molecule has 1 fully saturated rings. The molecule has 1 aromatic rings. The van der Waals surface area contributed by atoms with Crippen molar-refractivity contribution >= 4 is 27.6 Å². The van der Waals surface area contributed by atoms with E-state index in [2.05, 4.69) is 50.0 Å². The molecule has 1 N–H and O–H groups in total. The number of nitrogens with zero attached hydrogens (tertiary/aromatic N) is 3. The molecule has 5 heteroatoms. The molecule has 1 atom stereocenters. The van der Waals surface area contributed by atoms with Gasteiger partial charge in [0.1, 0.15) is 22.4 Å². The Morgan fingerprint density at radius 2 is 2.15 bits per heavy atom. The molecule has 0 radical (unpaired) electrons. The predicted molar refractivity (Wildman–Crippen MR) is 88.4 cm³/mol. The van der Waals surface area contributed by atoms with Crippen LogP contribution in [0.5, 0.6) is 0 Å². The molecule has 0 aliphatic carbocycles. The summed E-state index contributed by atoms with van der Waals surface area (Å²) in [6.07, 6.45) is 8.21. The molecule has 1 aliphatic heterocycles. The Balaban J connectivity index is 2.09. The number of anilines is 2. The standard InChI is InChI=1S/C15H25BrN4/c1-3-6-12-7-5-9-20(10-8-12)15-13(16)14(17-4-2)18-11-19-15/h11-12H,3-10H2,1-2H3,(H,17,18,19). The van der Waals surface area contributed by atoms with Crippen LogP contribution in [0.3, 0.4) is 0 Å². The van der Waals surface area contributed by atoms with Crippen LogP contribution in [0.15, 0.2) is 10.8 Å². The van der Waals surface area contributed by atoms with Gasteiger partial charge in [-0.25, -0.2) is 9.97 Å². The quantitative estimate of drug-likeness (QED) is 0.876. The first-order valence-electron chi connectivity index (χ1n) is 7.75. The molecule has 4 nitrogen and oxygen atoms in total. The summed E-state index contributed by atoms with van der Waals surface area (Å²) in [4.78, 5) is 11.2. The molecule has 0 amide bonds. The van der Waals surface area contributed by atoms with Gasteiger partial charge in [0.2, 0.25) is 0 Å². The second-order valence-electron chi connectivity index (χ2n) is 5.46. The fourth-order valence-electron chi connectivity index (χ4n) is 2.95. The zero-order valence-electron chi connectivity index (χ0n) is 12.5. The summed E-state index contributed by atoms with van der Waals surface area (Å²) in [5.74, 6) is 2.82. The molecule has 2 rings (SSSR count).